The third-order valence-electron chi connectivity index (χ3n) is 3.37. The molecule has 6 heteroatoms. The molecule has 1 saturated heterocycles. The van der Waals surface area contributed by atoms with Crippen molar-refractivity contribution in [3.05, 3.63) is 75.9 Å². The maximum absolute atomic E-state index is 12.8. The van der Waals surface area contributed by atoms with Crippen molar-refractivity contribution in [2.75, 3.05) is 0 Å². The van der Waals surface area contributed by atoms with Crippen LogP contribution in [0.4, 0.5) is 4.39 Å². The lowest BCUT2D eigenvalue weighted by Gasteiger charge is -2.05. The van der Waals surface area contributed by atoms with Crippen LogP contribution >= 0.6 is 24.0 Å². The summed E-state index contributed by atoms with van der Waals surface area (Å²) in [5.74, 6) is -0.407. The number of ether oxygens (including phenoxy) is 1. The lowest BCUT2D eigenvalue weighted by molar-refractivity contribution is -0.115. The third-order valence-corrected chi connectivity index (χ3v) is 4.53. The number of thioether (sulfide) groups is 1. The van der Waals surface area contributed by atoms with Gasteiger partial charge in [0, 0.05) is 0 Å². The van der Waals surface area contributed by atoms with Crippen LogP contribution < -0.4 is 5.32 Å². The Kier molecular flexibility index (Phi) is 5.40. The summed E-state index contributed by atoms with van der Waals surface area (Å²) < 4.78 is 18.9. The molecule has 2 aromatic rings. The smallest absolute Gasteiger partial charge is 0.263 e. The standard InChI is InChI=1S/C18H14FNO2S2/c19-15-7-5-14(6-8-15)11-22-10-13-3-1-12(2-4-13)9-16-17(21)20-18(23)24-16/h1-9H,10-11H2,(H,20,21,23). The van der Waals surface area contributed by atoms with Crippen LogP contribution in [0.15, 0.2) is 53.4 Å². The summed E-state index contributed by atoms with van der Waals surface area (Å²) in [7, 11) is 0. The zero-order valence-corrected chi connectivity index (χ0v) is 14.3. The van der Waals surface area contributed by atoms with Gasteiger partial charge in [-0.05, 0) is 34.9 Å². The van der Waals surface area contributed by atoms with E-state index in [1.165, 1.54) is 23.9 Å². The number of carbonyl (C=O) groups excluding carboxylic acids is 1. The van der Waals surface area contributed by atoms with E-state index >= 15 is 0 Å². The van der Waals surface area contributed by atoms with Gasteiger partial charge in [-0.15, -0.1) is 0 Å². The molecule has 1 fully saturated rings. The number of hydrogen-bond donors (Lipinski definition) is 1. The SMILES string of the molecule is O=C1NC(=S)SC1=Cc1ccc(COCc2ccc(F)cc2)cc1. The van der Waals surface area contributed by atoms with Gasteiger partial charge in [0.25, 0.3) is 5.91 Å². The average molecular weight is 359 g/mol. The zero-order valence-electron chi connectivity index (χ0n) is 12.6. The Morgan fingerprint density at radius 3 is 2.17 bits per heavy atom. The van der Waals surface area contributed by atoms with Gasteiger partial charge in [-0.1, -0.05) is 60.4 Å². The first-order valence-corrected chi connectivity index (χ1v) is 8.48. The van der Waals surface area contributed by atoms with Gasteiger partial charge >= 0.3 is 0 Å². The molecule has 3 nitrogen and oxygen atoms in total. The molecule has 2 aromatic carbocycles. The summed E-state index contributed by atoms with van der Waals surface area (Å²) in [6, 6.07) is 14.0. The van der Waals surface area contributed by atoms with Crippen LogP contribution in [0.1, 0.15) is 16.7 Å². The highest BCUT2D eigenvalue weighted by Gasteiger charge is 2.21. The molecule has 1 heterocycles. The number of rotatable bonds is 5. The normalized spacial score (nSPS) is 15.8. The summed E-state index contributed by atoms with van der Waals surface area (Å²) in [5, 5.41) is 2.59. The van der Waals surface area contributed by atoms with Crippen molar-refractivity contribution < 1.29 is 13.9 Å². The van der Waals surface area contributed by atoms with E-state index in [4.69, 9.17) is 17.0 Å². The van der Waals surface area contributed by atoms with Gasteiger partial charge in [-0.25, -0.2) is 4.39 Å². The van der Waals surface area contributed by atoms with E-state index in [0.717, 1.165) is 16.7 Å². The van der Waals surface area contributed by atoms with Crippen LogP contribution in [0.2, 0.25) is 0 Å². The van der Waals surface area contributed by atoms with E-state index in [1.807, 2.05) is 30.3 Å². The molecule has 1 aliphatic heterocycles. The first kappa shape index (κ1) is 16.8. The Hall–Kier alpha value is -2.02. The highest BCUT2D eigenvalue weighted by Crippen LogP contribution is 2.25. The maximum Gasteiger partial charge on any atom is 0.263 e. The number of carbonyl (C=O) groups is 1. The second-order valence-corrected chi connectivity index (χ2v) is 6.93. The van der Waals surface area contributed by atoms with E-state index in [9.17, 15) is 9.18 Å². The summed E-state index contributed by atoms with van der Waals surface area (Å²) in [4.78, 5) is 12.2. The van der Waals surface area contributed by atoms with Crippen molar-refractivity contribution >= 4 is 40.3 Å². The number of nitrogens with one attached hydrogen (secondary N) is 1. The quantitative estimate of drug-likeness (QED) is 0.646. The molecule has 24 heavy (non-hydrogen) atoms. The fraction of sp³-hybridized carbons (Fsp3) is 0.111. The largest absolute Gasteiger partial charge is 0.372 e. The van der Waals surface area contributed by atoms with Gasteiger partial charge in [-0.2, -0.15) is 0 Å². The van der Waals surface area contributed by atoms with E-state index in [2.05, 4.69) is 5.32 Å². The van der Waals surface area contributed by atoms with Crippen molar-refractivity contribution in [1.29, 1.82) is 0 Å². The minimum absolute atomic E-state index is 0.156. The van der Waals surface area contributed by atoms with E-state index in [1.54, 1.807) is 12.1 Å². The molecular weight excluding hydrogens is 345 g/mol. The number of amides is 1. The fourth-order valence-corrected chi connectivity index (χ4v) is 3.19. The molecule has 1 aliphatic rings. The Bertz CT molecular complexity index is 786. The predicted octanol–water partition coefficient (Wildman–Crippen LogP) is 4.03. The molecule has 0 bridgehead atoms. The monoisotopic (exact) mass is 359 g/mol. The van der Waals surface area contributed by atoms with Crippen LogP contribution in [0.5, 0.6) is 0 Å². The van der Waals surface area contributed by atoms with Crippen molar-refractivity contribution in [2.24, 2.45) is 0 Å². The molecule has 0 spiro atoms. The Balaban J connectivity index is 1.55. The highest BCUT2D eigenvalue weighted by atomic mass is 32.2. The highest BCUT2D eigenvalue weighted by molar-refractivity contribution is 8.26. The molecule has 0 unspecified atom stereocenters. The average Bonchev–Trinajstić information content (AvgIpc) is 2.88. The molecular formula is C18H14FNO2S2. The first-order valence-electron chi connectivity index (χ1n) is 7.26. The Morgan fingerprint density at radius 2 is 1.62 bits per heavy atom. The van der Waals surface area contributed by atoms with Crippen LogP contribution in [-0.2, 0) is 22.7 Å². The lowest BCUT2D eigenvalue weighted by Crippen LogP contribution is -2.17. The zero-order chi connectivity index (χ0) is 16.9. The van der Waals surface area contributed by atoms with Crippen molar-refractivity contribution in [2.45, 2.75) is 13.2 Å². The van der Waals surface area contributed by atoms with Crippen LogP contribution in [-0.4, -0.2) is 10.2 Å². The Morgan fingerprint density at radius 1 is 1.04 bits per heavy atom. The molecule has 3 rings (SSSR count). The lowest BCUT2D eigenvalue weighted by atomic mass is 10.1. The number of thiocarbonyl (C=S) groups is 1. The third kappa shape index (κ3) is 4.50. The summed E-state index contributed by atoms with van der Waals surface area (Å²) in [6.45, 7) is 0.897. The van der Waals surface area contributed by atoms with E-state index < -0.39 is 0 Å². The van der Waals surface area contributed by atoms with Crippen LogP contribution in [0.25, 0.3) is 6.08 Å². The molecule has 122 valence electrons. The number of benzene rings is 2. The topological polar surface area (TPSA) is 38.3 Å². The number of halogens is 1. The van der Waals surface area contributed by atoms with Gasteiger partial charge in [0.2, 0.25) is 0 Å². The van der Waals surface area contributed by atoms with Gasteiger partial charge in [0.1, 0.15) is 10.1 Å². The molecule has 0 aliphatic carbocycles. The molecule has 0 aromatic heterocycles. The van der Waals surface area contributed by atoms with Gasteiger partial charge < -0.3 is 10.1 Å². The molecule has 0 saturated carbocycles. The van der Waals surface area contributed by atoms with Crippen LogP contribution in [0, 0.1) is 5.82 Å². The first-order chi connectivity index (χ1) is 11.6. The molecule has 0 radical (unpaired) electrons. The molecule has 1 N–H and O–H groups in total. The van der Waals surface area contributed by atoms with Gasteiger partial charge in [0.05, 0.1) is 18.1 Å². The van der Waals surface area contributed by atoms with Crippen molar-refractivity contribution in [1.82, 2.24) is 5.32 Å². The van der Waals surface area contributed by atoms with E-state index in [-0.39, 0.29) is 11.7 Å². The second-order valence-electron chi connectivity index (χ2n) is 5.21. The second kappa shape index (κ2) is 7.70. The van der Waals surface area contributed by atoms with Crippen molar-refractivity contribution in [3.63, 3.8) is 0 Å². The summed E-state index contributed by atoms with van der Waals surface area (Å²) in [5.41, 5.74) is 2.89. The predicted molar refractivity (Wildman–Crippen MR) is 97.6 cm³/mol. The van der Waals surface area contributed by atoms with Crippen molar-refractivity contribution in [3.8, 4) is 0 Å². The van der Waals surface area contributed by atoms with E-state index in [0.29, 0.717) is 22.4 Å². The summed E-state index contributed by atoms with van der Waals surface area (Å²) >= 11 is 6.22. The van der Waals surface area contributed by atoms with Gasteiger partial charge in [0.15, 0.2) is 0 Å². The summed E-state index contributed by atoms with van der Waals surface area (Å²) in [6.07, 6.45) is 1.81. The van der Waals surface area contributed by atoms with Crippen LogP contribution in [0.3, 0.4) is 0 Å². The molecule has 1 amide bonds. The maximum atomic E-state index is 12.8. The minimum atomic E-state index is -0.252. The Labute approximate surface area is 148 Å². The number of hydrogen-bond acceptors (Lipinski definition) is 4. The molecule has 0 atom stereocenters. The minimum Gasteiger partial charge on any atom is -0.372 e. The fourth-order valence-electron chi connectivity index (χ4n) is 2.15. The van der Waals surface area contributed by atoms with Gasteiger partial charge in [-0.3, -0.25) is 4.79 Å².